The molecule has 3 rings (SSSR count). The van der Waals surface area contributed by atoms with Crippen molar-refractivity contribution in [2.45, 2.75) is 44.6 Å². The van der Waals surface area contributed by atoms with E-state index < -0.39 is 52.5 Å². The number of benzene rings is 1. The van der Waals surface area contributed by atoms with E-state index in [9.17, 15) is 26.7 Å². The molecule has 5 nitrogen and oxygen atoms in total. The number of ether oxygens (including phenoxy) is 3. The summed E-state index contributed by atoms with van der Waals surface area (Å²) in [7, 11) is 2.24. The number of methoxy groups -OCH3 is 2. The molecule has 0 radical (unpaired) electrons. The van der Waals surface area contributed by atoms with Crippen molar-refractivity contribution in [3.05, 3.63) is 56.0 Å². The van der Waals surface area contributed by atoms with E-state index in [4.69, 9.17) is 25.8 Å². The Bertz CT molecular complexity index is 1100. The van der Waals surface area contributed by atoms with E-state index in [2.05, 4.69) is 4.98 Å². The summed E-state index contributed by atoms with van der Waals surface area (Å²) in [5.74, 6) is -5.94. The van der Waals surface area contributed by atoms with Gasteiger partial charge in [0.2, 0.25) is 11.2 Å². The van der Waals surface area contributed by atoms with Crippen LogP contribution in [0.25, 0.3) is 0 Å². The normalized spacial score (nSPS) is 25.8. The van der Waals surface area contributed by atoms with Crippen molar-refractivity contribution in [2.75, 3.05) is 14.2 Å². The second-order valence-electron chi connectivity index (χ2n) is 7.78. The highest BCUT2D eigenvalue weighted by Crippen LogP contribution is 2.60. The number of nitrogens with one attached hydrogen (secondary N) is 1. The number of alkyl halides is 3. The molecule has 176 valence electrons. The zero-order chi connectivity index (χ0) is 24.2. The Morgan fingerprint density at radius 2 is 1.75 bits per heavy atom. The number of H-pyrrole nitrogens is 1. The molecule has 1 aliphatic rings. The van der Waals surface area contributed by atoms with Crippen LogP contribution < -0.4 is 14.9 Å². The van der Waals surface area contributed by atoms with Gasteiger partial charge in [-0.2, -0.15) is 17.6 Å². The van der Waals surface area contributed by atoms with Crippen LogP contribution >= 0.6 is 11.6 Å². The lowest BCUT2D eigenvalue weighted by Gasteiger charge is -2.32. The smallest absolute Gasteiger partial charge is 0.417 e. The van der Waals surface area contributed by atoms with Gasteiger partial charge in [-0.05, 0) is 19.9 Å². The second-order valence-corrected chi connectivity index (χ2v) is 8.16. The molecule has 1 fully saturated rings. The summed E-state index contributed by atoms with van der Waals surface area (Å²) < 4.78 is 86.2. The minimum atomic E-state index is -4.82. The maximum atomic E-state index is 14.5. The quantitative estimate of drug-likeness (QED) is 0.590. The standard InChI is InChI=1S/C21H21ClF5NO4/c1-8-12(10-6-7-11(23)14(24)17(10)30-4)18(32-20(8,3)21(25,26)27)15-19(31-5)16(29)13(22)9(2)28-15/h6-8,12,18H,1-5H3,(H,28,29)/t8-,12-,18+,20+/m0/s1. The first-order valence-electron chi connectivity index (χ1n) is 9.52. The van der Waals surface area contributed by atoms with Crippen molar-refractivity contribution in [1.29, 1.82) is 0 Å². The number of pyridine rings is 1. The van der Waals surface area contributed by atoms with Crippen molar-refractivity contribution < 1.29 is 36.2 Å². The fraction of sp³-hybridized carbons (Fsp3) is 0.476. The SMILES string of the molecule is COc1c([C@H]2[C@H](c3[nH]c(C)c(Cl)c(=O)c3OC)O[C@@](C)(C(F)(F)F)[C@H]2C)ccc(F)c1F. The molecule has 2 aromatic rings. The van der Waals surface area contributed by atoms with Gasteiger partial charge in [0.05, 0.1) is 19.9 Å². The van der Waals surface area contributed by atoms with Crippen LogP contribution in [0.15, 0.2) is 16.9 Å². The first kappa shape index (κ1) is 24.3. The van der Waals surface area contributed by atoms with Gasteiger partial charge in [-0.25, -0.2) is 4.39 Å². The monoisotopic (exact) mass is 481 g/mol. The average Bonchev–Trinajstić information content (AvgIpc) is 2.99. The van der Waals surface area contributed by atoms with Gasteiger partial charge in [-0.15, -0.1) is 0 Å². The van der Waals surface area contributed by atoms with Gasteiger partial charge in [0.25, 0.3) is 0 Å². The van der Waals surface area contributed by atoms with Crippen LogP contribution in [0.2, 0.25) is 5.02 Å². The summed E-state index contributed by atoms with van der Waals surface area (Å²) in [6.07, 6.45) is -6.27. The summed E-state index contributed by atoms with van der Waals surface area (Å²) >= 11 is 5.98. The first-order chi connectivity index (χ1) is 14.8. The Balaban J connectivity index is 2.34. The molecule has 0 aliphatic carbocycles. The summed E-state index contributed by atoms with van der Waals surface area (Å²) in [4.78, 5) is 15.4. The van der Waals surface area contributed by atoms with E-state index in [1.165, 1.54) is 13.8 Å². The molecule has 1 aromatic heterocycles. The lowest BCUT2D eigenvalue weighted by molar-refractivity contribution is -0.275. The van der Waals surface area contributed by atoms with Gasteiger partial charge in [0.1, 0.15) is 11.1 Å². The van der Waals surface area contributed by atoms with Gasteiger partial charge in [-0.1, -0.05) is 24.6 Å². The van der Waals surface area contributed by atoms with Gasteiger partial charge >= 0.3 is 6.18 Å². The molecule has 0 amide bonds. The summed E-state index contributed by atoms with van der Waals surface area (Å²) in [6.45, 7) is 3.61. The molecule has 0 unspecified atom stereocenters. The van der Waals surface area contributed by atoms with E-state index in [-0.39, 0.29) is 27.7 Å². The third kappa shape index (κ3) is 3.53. The molecule has 0 spiro atoms. The van der Waals surface area contributed by atoms with Gasteiger partial charge in [0, 0.05) is 23.1 Å². The Labute approximate surface area is 185 Å². The molecule has 4 atom stereocenters. The number of aryl methyl sites for hydroxylation is 1. The van der Waals surface area contributed by atoms with Crippen LogP contribution in [0.3, 0.4) is 0 Å². The van der Waals surface area contributed by atoms with Crippen molar-refractivity contribution in [3.63, 3.8) is 0 Å². The summed E-state index contributed by atoms with van der Waals surface area (Å²) in [5.41, 5.74) is -3.40. The first-order valence-corrected chi connectivity index (χ1v) is 9.90. The van der Waals surface area contributed by atoms with Crippen LogP contribution in [0, 0.1) is 24.5 Å². The van der Waals surface area contributed by atoms with Crippen molar-refractivity contribution >= 4 is 11.6 Å². The zero-order valence-electron chi connectivity index (χ0n) is 17.8. The van der Waals surface area contributed by atoms with Gasteiger partial charge in [0.15, 0.2) is 22.9 Å². The van der Waals surface area contributed by atoms with Gasteiger partial charge in [-0.3, -0.25) is 4.79 Å². The number of aromatic amines is 1. The van der Waals surface area contributed by atoms with Crippen molar-refractivity contribution in [3.8, 4) is 11.5 Å². The maximum absolute atomic E-state index is 14.5. The molecule has 0 saturated carbocycles. The van der Waals surface area contributed by atoms with E-state index >= 15 is 0 Å². The summed E-state index contributed by atoms with van der Waals surface area (Å²) in [6, 6.07) is 1.94. The molecule has 1 N–H and O–H groups in total. The van der Waals surface area contributed by atoms with E-state index in [1.54, 1.807) is 0 Å². The summed E-state index contributed by atoms with van der Waals surface area (Å²) in [5, 5.41) is -0.197. The lowest BCUT2D eigenvalue weighted by Crippen LogP contribution is -2.46. The van der Waals surface area contributed by atoms with E-state index in [0.29, 0.717) is 0 Å². The van der Waals surface area contributed by atoms with Crippen LogP contribution in [-0.2, 0) is 4.74 Å². The molecular weight excluding hydrogens is 461 g/mol. The predicted molar refractivity (Wildman–Crippen MR) is 106 cm³/mol. The Morgan fingerprint density at radius 1 is 1.16 bits per heavy atom. The Morgan fingerprint density at radius 3 is 2.28 bits per heavy atom. The van der Waals surface area contributed by atoms with Crippen molar-refractivity contribution in [1.82, 2.24) is 4.98 Å². The predicted octanol–water partition coefficient (Wildman–Crippen LogP) is 5.44. The highest BCUT2D eigenvalue weighted by molar-refractivity contribution is 6.31. The third-order valence-electron chi connectivity index (χ3n) is 6.10. The number of rotatable bonds is 4. The molecule has 1 saturated heterocycles. The Kier molecular flexibility index (Phi) is 6.25. The average molecular weight is 482 g/mol. The van der Waals surface area contributed by atoms with Crippen molar-refractivity contribution in [2.24, 2.45) is 5.92 Å². The highest BCUT2D eigenvalue weighted by atomic mass is 35.5. The third-order valence-corrected chi connectivity index (χ3v) is 6.56. The zero-order valence-corrected chi connectivity index (χ0v) is 18.5. The number of hydrogen-bond donors (Lipinski definition) is 1. The maximum Gasteiger partial charge on any atom is 0.417 e. The minimum absolute atomic E-state index is 0.0487. The van der Waals surface area contributed by atoms with Gasteiger partial charge < -0.3 is 19.2 Å². The lowest BCUT2D eigenvalue weighted by atomic mass is 9.76. The number of aromatic nitrogens is 1. The molecule has 11 heteroatoms. The van der Waals surface area contributed by atoms with E-state index in [1.807, 2.05) is 0 Å². The minimum Gasteiger partial charge on any atom is -0.493 e. The highest BCUT2D eigenvalue weighted by Gasteiger charge is 2.65. The molecular formula is C21H21ClF5NO4. The number of halogens is 6. The van der Waals surface area contributed by atoms with Crippen LogP contribution in [0.4, 0.5) is 22.0 Å². The largest absolute Gasteiger partial charge is 0.493 e. The molecule has 1 aromatic carbocycles. The Hall–Kier alpha value is -2.33. The molecule has 2 heterocycles. The van der Waals surface area contributed by atoms with Crippen LogP contribution in [-0.4, -0.2) is 31.0 Å². The number of hydrogen-bond acceptors (Lipinski definition) is 4. The van der Waals surface area contributed by atoms with E-state index in [0.717, 1.165) is 33.3 Å². The molecule has 32 heavy (non-hydrogen) atoms. The van der Waals surface area contributed by atoms with Crippen LogP contribution in [0.1, 0.15) is 42.8 Å². The molecule has 1 aliphatic heterocycles. The topological polar surface area (TPSA) is 60.6 Å². The van der Waals surface area contributed by atoms with Crippen LogP contribution in [0.5, 0.6) is 11.5 Å². The fourth-order valence-electron chi connectivity index (χ4n) is 4.17. The fourth-order valence-corrected chi connectivity index (χ4v) is 4.30. The molecule has 0 bridgehead atoms. The second kappa shape index (κ2) is 8.22.